The van der Waals surface area contributed by atoms with Gasteiger partial charge in [0.25, 0.3) is 0 Å². The second kappa shape index (κ2) is 6.35. The van der Waals surface area contributed by atoms with Crippen LogP contribution in [0.4, 0.5) is 10.3 Å². The maximum atomic E-state index is 15.7. The second-order valence-electron chi connectivity index (χ2n) is 6.28. The first kappa shape index (κ1) is 18.5. The number of phosphoric acid groups is 1. The van der Waals surface area contributed by atoms with Crippen LogP contribution in [0.25, 0.3) is 11.2 Å². The molecular weight excluding hydrogens is 384 g/mol. The lowest BCUT2D eigenvalue weighted by molar-refractivity contribution is -0.0702. The van der Waals surface area contributed by atoms with Crippen molar-refractivity contribution in [3.05, 3.63) is 6.33 Å². The first-order chi connectivity index (χ1) is 12.8. The van der Waals surface area contributed by atoms with E-state index in [-0.39, 0.29) is 30.7 Å². The number of ether oxygens (including phenoxy) is 2. The number of phosphoric ester groups is 1. The van der Waals surface area contributed by atoms with Crippen LogP contribution in [-0.2, 0) is 22.9 Å². The standard InChI is InChI=1S/C14H19FN5O6P/c1-4-23-27(21)24-5-7-9(26-27)14(2,15)12(25-7)20-6-17-8-10(20)18-13(16)19-11(8)22-3/h6-7,9,12H,4-5H2,1-3H3,(H2,16,18,19)/t7-,9-,12-,14-,27?/m1/s1. The normalized spacial score (nSPS) is 36.1. The van der Waals surface area contributed by atoms with E-state index in [0.29, 0.717) is 5.52 Å². The summed E-state index contributed by atoms with van der Waals surface area (Å²) in [6.45, 7) is 2.89. The lowest BCUT2D eigenvalue weighted by Crippen LogP contribution is -2.44. The first-order valence-electron chi connectivity index (χ1n) is 8.25. The molecule has 0 bridgehead atoms. The number of hydrogen-bond acceptors (Lipinski definition) is 10. The Bertz CT molecular complexity index is 923. The van der Waals surface area contributed by atoms with Gasteiger partial charge < -0.3 is 15.2 Å². The van der Waals surface area contributed by atoms with Crippen LogP contribution in [0, 0.1) is 0 Å². The van der Waals surface area contributed by atoms with Crippen molar-refractivity contribution in [2.45, 2.75) is 38.0 Å². The fourth-order valence-electron chi connectivity index (χ4n) is 3.29. The SMILES string of the molecule is CCOP1(=O)OC[C@H]2O[C@@H](n3cnc4c(OC)nc(N)nc43)[C@](C)(F)[C@@H]2O1. The summed E-state index contributed by atoms with van der Waals surface area (Å²) >= 11 is 0. The van der Waals surface area contributed by atoms with Crippen LogP contribution < -0.4 is 10.5 Å². The van der Waals surface area contributed by atoms with E-state index in [1.54, 1.807) is 6.92 Å². The number of nitrogens with zero attached hydrogens (tertiary/aromatic N) is 4. The van der Waals surface area contributed by atoms with E-state index in [2.05, 4.69) is 15.0 Å². The first-order valence-corrected chi connectivity index (χ1v) is 9.71. The number of anilines is 1. The summed E-state index contributed by atoms with van der Waals surface area (Å²) in [6, 6.07) is 0. The second-order valence-corrected chi connectivity index (χ2v) is 7.90. The van der Waals surface area contributed by atoms with Gasteiger partial charge in [-0.3, -0.25) is 18.1 Å². The number of rotatable bonds is 4. The zero-order chi connectivity index (χ0) is 19.4. The summed E-state index contributed by atoms with van der Waals surface area (Å²) in [7, 11) is -2.43. The molecule has 4 rings (SSSR count). The summed E-state index contributed by atoms with van der Waals surface area (Å²) in [5.41, 5.74) is 4.16. The maximum Gasteiger partial charge on any atom is 0.475 e. The zero-order valence-corrected chi connectivity index (χ0v) is 15.8. The van der Waals surface area contributed by atoms with E-state index < -0.39 is 31.9 Å². The van der Waals surface area contributed by atoms with Crippen LogP contribution in [0.15, 0.2) is 6.33 Å². The number of fused-ring (bicyclic) bond motifs is 2. The molecule has 0 radical (unpaired) electrons. The number of alkyl halides is 1. The van der Waals surface area contributed by atoms with Gasteiger partial charge in [-0.15, -0.1) is 0 Å². The van der Waals surface area contributed by atoms with E-state index in [4.69, 9.17) is 28.8 Å². The average molecular weight is 403 g/mol. The lowest BCUT2D eigenvalue weighted by Gasteiger charge is -2.33. The van der Waals surface area contributed by atoms with Crippen LogP contribution >= 0.6 is 7.82 Å². The number of aromatic nitrogens is 4. The number of hydrogen-bond donors (Lipinski definition) is 1. The Labute approximate surface area is 153 Å². The van der Waals surface area contributed by atoms with Crippen LogP contribution in [0.1, 0.15) is 20.1 Å². The van der Waals surface area contributed by atoms with E-state index in [1.165, 1.54) is 24.9 Å². The number of nitrogens with two attached hydrogens (primary N) is 1. The van der Waals surface area contributed by atoms with Gasteiger partial charge in [0.1, 0.15) is 12.2 Å². The monoisotopic (exact) mass is 403 g/mol. The van der Waals surface area contributed by atoms with E-state index in [9.17, 15) is 4.57 Å². The zero-order valence-electron chi connectivity index (χ0n) is 14.9. The van der Waals surface area contributed by atoms with Crippen molar-refractivity contribution in [3.63, 3.8) is 0 Å². The van der Waals surface area contributed by atoms with Crippen LogP contribution in [-0.4, -0.2) is 57.7 Å². The molecule has 148 valence electrons. The minimum Gasteiger partial charge on any atom is -0.479 e. The van der Waals surface area contributed by atoms with Gasteiger partial charge in [0.05, 0.1) is 26.7 Å². The van der Waals surface area contributed by atoms with Gasteiger partial charge in [0, 0.05) is 0 Å². The van der Waals surface area contributed by atoms with Gasteiger partial charge >= 0.3 is 7.82 Å². The predicted molar refractivity (Wildman–Crippen MR) is 89.8 cm³/mol. The van der Waals surface area contributed by atoms with Crippen molar-refractivity contribution < 1.29 is 32.0 Å². The smallest absolute Gasteiger partial charge is 0.475 e. The molecule has 2 fully saturated rings. The van der Waals surface area contributed by atoms with E-state index in [0.717, 1.165) is 0 Å². The van der Waals surface area contributed by atoms with Gasteiger partial charge in [0.2, 0.25) is 11.8 Å². The van der Waals surface area contributed by atoms with Crippen molar-refractivity contribution in [2.75, 3.05) is 26.1 Å². The van der Waals surface area contributed by atoms with Crippen molar-refractivity contribution in [1.82, 2.24) is 19.5 Å². The van der Waals surface area contributed by atoms with Gasteiger partial charge in [-0.1, -0.05) is 0 Å². The molecule has 4 heterocycles. The van der Waals surface area contributed by atoms with Crippen LogP contribution in [0.5, 0.6) is 5.88 Å². The molecule has 2 aromatic heterocycles. The van der Waals surface area contributed by atoms with Crippen molar-refractivity contribution in [3.8, 4) is 5.88 Å². The Morgan fingerprint density at radius 3 is 3.00 bits per heavy atom. The third kappa shape index (κ3) is 2.88. The highest BCUT2D eigenvalue weighted by molar-refractivity contribution is 7.48. The molecule has 13 heteroatoms. The van der Waals surface area contributed by atoms with Gasteiger partial charge in [0.15, 0.2) is 23.1 Å². The quantitative estimate of drug-likeness (QED) is 0.751. The number of imidazole rings is 1. The summed E-state index contributed by atoms with van der Waals surface area (Å²) in [5, 5.41) is 0. The number of nitrogen functional groups attached to an aromatic ring is 1. The molecule has 2 N–H and O–H groups in total. The van der Waals surface area contributed by atoms with Gasteiger partial charge in [-0.25, -0.2) is 13.9 Å². The molecule has 0 spiro atoms. The van der Waals surface area contributed by atoms with Crippen molar-refractivity contribution in [1.29, 1.82) is 0 Å². The molecule has 2 aromatic rings. The molecule has 2 aliphatic heterocycles. The molecule has 11 nitrogen and oxygen atoms in total. The van der Waals surface area contributed by atoms with Gasteiger partial charge in [-0.2, -0.15) is 9.97 Å². The lowest BCUT2D eigenvalue weighted by atomic mass is 9.98. The summed E-state index contributed by atoms with van der Waals surface area (Å²) in [5.74, 6) is 0.102. The summed E-state index contributed by atoms with van der Waals surface area (Å²) in [4.78, 5) is 12.2. The van der Waals surface area contributed by atoms with Crippen molar-refractivity contribution >= 4 is 24.9 Å². The molecule has 0 aliphatic carbocycles. The maximum absolute atomic E-state index is 15.7. The van der Waals surface area contributed by atoms with E-state index >= 15 is 4.39 Å². The molecule has 0 saturated carbocycles. The molecule has 0 aromatic carbocycles. The highest BCUT2D eigenvalue weighted by Crippen LogP contribution is 2.59. The Hall–Kier alpha value is -1.85. The molecule has 1 unspecified atom stereocenters. The van der Waals surface area contributed by atoms with Gasteiger partial charge in [-0.05, 0) is 13.8 Å². The third-order valence-electron chi connectivity index (χ3n) is 4.46. The summed E-state index contributed by atoms with van der Waals surface area (Å²) in [6.07, 6.45) is -1.77. The van der Waals surface area contributed by atoms with Crippen LogP contribution in [0.3, 0.4) is 0 Å². The molecule has 5 atom stereocenters. The Kier molecular flexibility index (Phi) is 4.35. The minimum absolute atomic E-state index is 0.0579. The fourth-order valence-corrected chi connectivity index (χ4v) is 4.75. The van der Waals surface area contributed by atoms with E-state index in [1.807, 2.05) is 0 Å². The molecule has 0 amide bonds. The molecule has 2 aliphatic rings. The third-order valence-corrected chi connectivity index (χ3v) is 5.99. The Balaban J connectivity index is 1.73. The summed E-state index contributed by atoms with van der Waals surface area (Å²) < 4.78 is 56.0. The number of halogens is 1. The largest absolute Gasteiger partial charge is 0.479 e. The minimum atomic E-state index is -3.85. The Morgan fingerprint density at radius 1 is 1.52 bits per heavy atom. The molecular formula is C14H19FN5O6P. The number of methoxy groups -OCH3 is 1. The molecule has 27 heavy (non-hydrogen) atoms. The molecule has 2 saturated heterocycles. The van der Waals surface area contributed by atoms with Crippen LogP contribution in [0.2, 0.25) is 0 Å². The Morgan fingerprint density at radius 2 is 2.30 bits per heavy atom. The average Bonchev–Trinajstić information content (AvgIpc) is 3.13. The topological polar surface area (TPSA) is 133 Å². The predicted octanol–water partition coefficient (Wildman–Crippen LogP) is 1.60. The highest BCUT2D eigenvalue weighted by Gasteiger charge is 2.61. The highest BCUT2D eigenvalue weighted by atomic mass is 31.2. The van der Waals surface area contributed by atoms with Crippen molar-refractivity contribution in [2.24, 2.45) is 0 Å². The fraction of sp³-hybridized carbons (Fsp3) is 0.643.